The van der Waals surface area contributed by atoms with Gasteiger partial charge in [0, 0.05) is 56.6 Å². The lowest BCUT2D eigenvalue weighted by Crippen LogP contribution is -2.52. The molecule has 176 valence electrons. The number of aromatic nitrogens is 3. The van der Waals surface area contributed by atoms with Crippen molar-refractivity contribution in [1.82, 2.24) is 19.9 Å². The van der Waals surface area contributed by atoms with Gasteiger partial charge >= 0.3 is 0 Å². The van der Waals surface area contributed by atoms with Crippen LogP contribution in [0.5, 0.6) is 0 Å². The largest absolute Gasteiger partial charge is 0.369 e. The molecular formula is C26H35N5OS. The maximum atomic E-state index is 11.7. The molecule has 0 saturated carbocycles. The lowest BCUT2D eigenvalue weighted by Gasteiger charge is -2.42. The second-order valence-corrected chi connectivity index (χ2v) is 9.41. The molecule has 0 spiro atoms. The Kier molecular flexibility index (Phi) is 8.44. The van der Waals surface area contributed by atoms with E-state index in [0.29, 0.717) is 12.0 Å². The minimum Gasteiger partial charge on any atom is -0.369 e. The Balaban J connectivity index is 0.000000212. The summed E-state index contributed by atoms with van der Waals surface area (Å²) >= 11 is 1.74. The molecule has 0 unspecified atom stereocenters. The number of para-hydroxylation sites is 1. The number of amides is 1. The molecule has 6 nitrogen and oxygen atoms in total. The first-order chi connectivity index (χ1) is 15.9. The number of carbonyl (C=O) groups excluding carboxylic acids is 1. The van der Waals surface area contributed by atoms with Crippen molar-refractivity contribution in [2.75, 3.05) is 25.0 Å². The van der Waals surface area contributed by atoms with E-state index < -0.39 is 0 Å². The van der Waals surface area contributed by atoms with Crippen molar-refractivity contribution < 1.29 is 4.79 Å². The number of aromatic amines is 1. The number of likely N-dealkylation sites (N-methyl/N-ethyl adjacent to an activating group) is 1. The van der Waals surface area contributed by atoms with Crippen molar-refractivity contribution in [3.8, 4) is 0 Å². The standard InChI is InChI=1S/C16H22N4O.C8H7NS.C2H6/c1-11-6-9-20(12(2)21)10-15(11)19(3)14-5-8-18-16-13(14)4-7-17-16;1-6-9-7-4-2-3-5-8(7)10-6;1-2/h4-5,7-8,11,15H,6,9-10H2,1-3H3,(H,17,18);2-5H,1H3;1-2H3/t11-,15+;;/m1../s1. The van der Waals surface area contributed by atoms with Gasteiger partial charge in [-0.05, 0) is 43.5 Å². The van der Waals surface area contributed by atoms with Crippen LogP contribution in [0.25, 0.3) is 21.3 Å². The molecule has 1 aliphatic rings. The zero-order chi connectivity index (χ0) is 24.0. The summed E-state index contributed by atoms with van der Waals surface area (Å²) in [6.07, 6.45) is 4.80. The van der Waals surface area contributed by atoms with Crippen LogP contribution in [-0.4, -0.2) is 51.9 Å². The van der Waals surface area contributed by atoms with Gasteiger partial charge in [-0.1, -0.05) is 32.9 Å². The Labute approximate surface area is 200 Å². The smallest absolute Gasteiger partial charge is 0.219 e. The van der Waals surface area contributed by atoms with Crippen molar-refractivity contribution in [2.45, 2.75) is 47.1 Å². The molecule has 0 bridgehead atoms. The second kappa shape index (κ2) is 11.3. The molecule has 3 aromatic heterocycles. The third kappa shape index (κ3) is 5.71. The monoisotopic (exact) mass is 465 g/mol. The molecule has 0 aliphatic carbocycles. The molecule has 1 saturated heterocycles. The van der Waals surface area contributed by atoms with Crippen molar-refractivity contribution in [3.63, 3.8) is 0 Å². The summed E-state index contributed by atoms with van der Waals surface area (Å²) in [5, 5.41) is 2.27. The van der Waals surface area contributed by atoms with Crippen LogP contribution >= 0.6 is 11.3 Å². The van der Waals surface area contributed by atoms with Crippen LogP contribution in [0.1, 0.15) is 39.1 Å². The number of benzene rings is 1. The lowest BCUT2D eigenvalue weighted by molar-refractivity contribution is -0.130. The van der Waals surface area contributed by atoms with Gasteiger partial charge in [-0.2, -0.15) is 0 Å². The van der Waals surface area contributed by atoms with Crippen LogP contribution < -0.4 is 4.90 Å². The third-order valence-electron chi connectivity index (χ3n) is 6.08. The van der Waals surface area contributed by atoms with Gasteiger partial charge in [-0.15, -0.1) is 11.3 Å². The molecule has 1 fully saturated rings. The Bertz CT molecular complexity index is 1150. The predicted octanol–water partition coefficient (Wildman–Crippen LogP) is 5.89. The average molecular weight is 466 g/mol. The average Bonchev–Trinajstić information content (AvgIpc) is 3.46. The lowest BCUT2D eigenvalue weighted by atomic mass is 9.92. The Morgan fingerprint density at radius 2 is 1.97 bits per heavy atom. The summed E-state index contributed by atoms with van der Waals surface area (Å²) in [5.74, 6) is 0.731. The maximum absolute atomic E-state index is 11.7. The van der Waals surface area contributed by atoms with Crippen LogP contribution in [0.15, 0.2) is 48.8 Å². The van der Waals surface area contributed by atoms with E-state index in [2.05, 4.69) is 52.0 Å². The number of anilines is 1. The number of likely N-dealkylation sites (tertiary alicyclic amines) is 1. The summed E-state index contributed by atoms with van der Waals surface area (Å²) in [4.78, 5) is 27.8. The quantitative estimate of drug-likeness (QED) is 0.401. The number of nitrogens with zero attached hydrogens (tertiary/aromatic N) is 4. The Hall–Kier alpha value is -2.93. The van der Waals surface area contributed by atoms with Gasteiger partial charge in [-0.25, -0.2) is 9.97 Å². The van der Waals surface area contributed by atoms with Gasteiger partial charge in [-0.3, -0.25) is 4.79 Å². The fourth-order valence-corrected chi connectivity index (χ4v) is 5.09. The van der Waals surface area contributed by atoms with Crippen LogP contribution in [0.2, 0.25) is 0 Å². The zero-order valence-corrected chi connectivity index (χ0v) is 21.3. The van der Waals surface area contributed by atoms with E-state index in [1.807, 2.05) is 56.3 Å². The Morgan fingerprint density at radius 3 is 2.70 bits per heavy atom. The number of hydrogen-bond donors (Lipinski definition) is 1. The van der Waals surface area contributed by atoms with Crippen LogP contribution in [0.4, 0.5) is 5.69 Å². The molecule has 0 radical (unpaired) electrons. The Morgan fingerprint density at radius 1 is 1.21 bits per heavy atom. The molecule has 33 heavy (non-hydrogen) atoms. The number of thiazole rings is 1. The van der Waals surface area contributed by atoms with Gasteiger partial charge in [0.2, 0.25) is 5.91 Å². The summed E-state index contributed by atoms with van der Waals surface area (Å²) in [6.45, 7) is 11.6. The zero-order valence-electron chi connectivity index (χ0n) is 20.5. The number of carbonyl (C=O) groups is 1. The molecule has 5 rings (SSSR count). The normalized spacial score (nSPS) is 17.7. The summed E-state index contributed by atoms with van der Waals surface area (Å²) in [5.41, 5.74) is 3.19. The molecule has 1 amide bonds. The molecule has 2 atom stereocenters. The minimum absolute atomic E-state index is 0.168. The van der Waals surface area contributed by atoms with Gasteiger partial charge < -0.3 is 14.8 Å². The van der Waals surface area contributed by atoms with E-state index in [1.54, 1.807) is 18.3 Å². The highest BCUT2D eigenvalue weighted by Gasteiger charge is 2.31. The molecule has 7 heteroatoms. The number of piperidine rings is 1. The van der Waals surface area contributed by atoms with Crippen LogP contribution in [0.3, 0.4) is 0 Å². The first kappa shape index (κ1) is 24.7. The minimum atomic E-state index is 0.168. The second-order valence-electron chi connectivity index (χ2n) is 8.18. The maximum Gasteiger partial charge on any atom is 0.219 e. The number of fused-ring (bicyclic) bond motifs is 2. The molecule has 4 aromatic rings. The highest BCUT2D eigenvalue weighted by molar-refractivity contribution is 7.18. The molecule has 1 N–H and O–H groups in total. The van der Waals surface area contributed by atoms with Crippen LogP contribution in [0, 0.1) is 12.8 Å². The number of pyridine rings is 1. The van der Waals surface area contributed by atoms with E-state index in [-0.39, 0.29) is 5.91 Å². The van der Waals surface area contributed by atoms with Gasteiger partial charge in [0.1, 0.15) is 5.65 Å². The fourth-order valence-electron chi connectivity index (χ4n) is 4.26. The van der Waals surface area contributed by atoms with Crippen molar-refractivity contribution >= 4 is 44.2 Å². The molecule has 1 aliphatic heterocycles. The number of rotatable bonds is 2. The molecule has 1 aromatic carbocycles. The summed E-state index contributed by atoms with van der Waals surface area (Å²) in [6, 6.07) is 12.6. The van der Waals surface area contributed by atoms with E-state index in [1.165, 1.54) is 10.4 Å². The predicted molar refractivity (Wildman–Crippen MR) is 140 cm³/mol. The molecular weight excluding hydrogens is 430 g/mol. The summed E-state index contributed by atoms with van der Waals surface area (Å²) in [7, 11) is 2.12. The molecule has 4 heterocycles. The number of H-pyrrole nitrogens is 1. The van der Waals surface area contributed by atoms with E-state index in [0.717, 1.165) is 41.1 Å². The number of aryl methyl sites for hydroxylation is 1. The van der Waals surface area contributed by atoms with E-state index in [9.17, 15) is 4.79 Å². The van der Waals surface area contributed by atoms with Crippen molar-refractivity contribution in [1.29, 1.82) is 0 Å². The van der Waals surface area contributed by atoms with E-state index in [4.69, 9.17) is 0 Å². The number of nitrogens with one attached hydrogen (secondary N) is 1. The number of hydrogen-bond acceptors (Lipinski definition) is 5. The van der Waals surface area contributed by atoms with Gasteiger partial charge in [0.25, 0.3) is 0 Å². The summed E-state index contributed by atoms with van der Waals surface area (Å²) < 4.78 is 1.28. The van der Waals surface area contributed by atoms with Crippen molar-refractivity contribution in [2.24, 2.45) is 5.92 Å². The fraction of sp³-hybridized carbons (Fsp3) is 0.423. The van der Waals surface area contributed by atoms with Crippen LogP contribution in [-0.2, 0) is 4.79 Å². The SMILES string of the molecule is CC.CC(=O)N1CC[C@@H](C)[C@@H](N(C)c2ccnc3[nH]ccc23)C1.Cc1nc2ccccc2s1. The van der Waals surface area contributed by atoms with Gasteiger partial charge in [0.05, 0.1) is 15.2 Å². The third-order valence-corrected chi connectivity index (χ3v) is 7.03. The first-order valence-electron chi connectivity index (χ1n) is 11.7. The highest BCUT2D eigenvalue weighted by atomic mass is 32.1. The van der Waals surface area contributed by atoms with Crippen molar-refractivity contribution in [3.05, 3.63) is 53.8 Å². The van der Waals surface area contributed by atoms with Gasteiger partial charge in [0.15, 0.2) is 0 Å². The van der Waals surface area contributed by atoms with E-state index >= 15 is 0 Å². The first-order valence-corrected chi connectivity index (χ1v) is 12.5. The highest BCUT2D eigenvalue weighted by Crippen LogP contribution is 2.30. The topological polar surface area (TPSA) is 65.1 Å².